The maximum atomic E-state index is 13.2. The molecule has 4 rings (SSSR count). The Hall–Kier alpha value is -3.80. The number of rotatable bonds is 10. The van der Waals surface area contributed by atoms with Crippen molar-refractivity contribution >= 4 is 11.9 Å². The van der Waals surface area contributed by atoms with Crippen LogP contribution >= 0.6 is 0 Å². The van der Waals surface area contributed by atoms with E-state index >= 15 is 0 Å². The molecule has 202 valence electrons. The number of nitrogens with zero attached hydrogens (tertiary/aromatic N) is 4. The van der Waals surface area contributed by atoms with E-state index in [1.807, 2.05) is 0 Å². The van der Waals surface area contributed by atoms with Crippen LogP contribution in [-0.2, 0) is 6.54 Å². The number of hydrogen-bond donors (Lipinski definition) is 2. The summed E-state index contributed by atoms with van der Waals surface area (Å²) in [5, 5.41) is 5.80. The highest BCUT2D eigenvalue weighted by molar-refractivity contribution is 5.95. The summed E-state index contributed by atoms with van der Waals surface area (Å²) >= 11 is 0. The van der Waals surface area contributed by atoms with E-state index in [-0.39, 0.29) is 24.2 Å². The average molecular weight is 533 g/mol. The van der Waals surface area contributed by atoms with Crippen molar-refractivity contribution in [2.24, 2.45) is 0 Å². The smallest absolute Gasteiger partial charge is 0.422 e. The summed E-state index contributed by atoms with van der Waals surface area (Å²) in [7, 11) is 0. The van der Waals surface area contributed by atoms with Crippen molar-refractivity contribution in [2.45, 2.75) is 32.0 Å². The van der Waals surface area contributed by atoms with Crippen LogP contribution in [0.15, 0.2) is 48.5 Å². The van der Waals surface area contributed by atoms with Crippen molar-refractivity contribution in [3.8, 4) is 17.4 Å². The molecule has 0 spiro atoms. The molecule has 8 nitrogen and oxygen atoms in total. The number of nitrogens with one attached hydrogen (secondary N) is 2. The van der Waals surface area contributed by atoms with Gasteiger partial charge in [-0.1, -0.05) is 30.7 Å². The van der Waals surface area contributed by atoms with E-state index < -0.39 is 24.6 Å². The van der Waals surface area contributed by atoms with E-state index in [9.17, 15) is 22.4 Å². The normalized spacial score (nSPS) is 14.2. The molecule has 38 heavy (non-hydrogen) atoms. The lowest BCUT2D eigenvalue weighted by atomic mass is 10.1. The lowest BCUT2D eigenvalue weighted by Crippen LogP contribution is -2.37. The van der Waals surface area contributed by atoms with Gasteiger partial charge in [0.25, 0.3) is 5.91 Å². The van der Waals surface area contributed by atoms with Crippen LogP contribution in [-0.4, -0.2) is 64.7 Å². The van der Waals surface area contributed by atoms with Crippen LogP contribution in [0.4, 0.5) is 23.5 Å². The highest BCUT2D eigenvalue weighted by atomic mass is 19.4. The Balaban J connectivity index is 1.49. The van der Waals surface area contributed by atoms with Crippen LogP contribution in [0.2, 0.25) is 0 Å². The molecule has 0 saturated carbocycles. The standard InChI is InChI=1S/C26H28F4N6O2/c27-21-9-7-18(8-10-21)16-32-24-33-22(34-25(35-24)38-17-26(28,29)30)19-5-4-6-20(15-19)23(37)31-11-14-36-12-2-1-3-13-36/h4-10,15H,1-3,11-14,16-17H2,(H,31,37)(H,32,33,34,35). The van der Waals surface area contributed by atoms with Crippen molar-refractivity contribution in [1.29, 1.82) is 0 Å². The SMILES string of the molecule is O=C(NCCN1CCCCC1)c1cccc(-c2nc(NCc3ccc(F)cc3)nc(OCC(F)(F)F)n2)c1. The largest absolute Gasteiger partial charge is 0.454 e. The monoisotopic (exact) mass is 532 g/mol. The third-order valence-electron chi connectivity index (χ3n) is 5.89. The second-order valence-electron chi connectivity index (χ2n) is 8.89. The Morgan fingerprint density at radius 1 is 1.00 bits per heavy atom. The minimum Gasteiger partial charge on any atom is -0.454 e. The zero-order chi connectivity index (χ0) is 27.0. The van der Waals surface area contributed by atoms with E-state index in [1.54, 1.807) is 36.4 Å². The molecule has 1 amide bonds. The molecule has 2 aromatic carbocycles. The zero-order valence-electron chi connectivity index (χ0n) is 20.6. The molecule has 1 aromatic heterocycles. The molecule has 2 N–H and O–H groups in total. The van der Waals surface area contributed by atoms with Crippen LogP contribution < -0.4 is 15.4 Å². The Morgan fingerprint density at radius 2 is 1.76 bits per heavy atom. The van der Waals surface area contributed by atoms with Crippen LogP contribution in [0.25, 0.3) is 11.4 Å². The van der Waals surface area contributed by atoms with Crippen LogP contribution in [0.3, 0.4) is 0 Å². The summed E-state index contributed by atoms with van der Waals surface area (Å²) in [5.74, 6) is -0.676. The van der Waals surface area contributed by atoms with Crippen molar-refractivity contribution in [3.05, 3.63) is 65.5 Å². The van der Waals surface area contributed by atoms with Gasteiger partial charge in [-0.3, -0.25) is 4.79 Å². The van der Waals surface area contributed by atoms with Crippen LogP contribution in [0.1, 0.15) is 35.2 Å². The Bertz CT molecular complexity index is 1220. The summed E-state index contributed by atoms with van der Waals surface area (Å²) in [6, 6.07) is 11.6. The summed E-state index contributed by atoms with van der Waals surface area (Å²) in [6.07, 6.45) is -1.02. The predicted octanol–water partition coefficient (Wildman–Crippen LogP) is 4.45. The van der Waals surface area contributed by atoms with Crippen LogP contribution in [0.5, 0.6) is 6.01 Å². The predicted molar refractivity (Wildman–Crippen MR) is 133 cm³/mol. The van der Waals surface area contributed by atoms with Gasteiger partial charge in [-0.2, -0.15) is 28.1 Å². The first-order chi connectivity index (χ1) is 18.2. The molecular weight excluding hydrogens is 504 g/mol. The molecule has 0 aliphatic carbocycles. The number of anilines is 1. The Labute approximate surface area is 217 Å². The van der Waals surface area contributed by atoms with Crippen molar-refractivity contribution < 1.29 is 27.1 Å². The number of piperidine rings is 1. The number of carbonyl (C=O) groups excluding carboxylic acids is 1. The quantitative estimate of drug-likeness (QED) is 0.373. The van der Waals surface area contributed by atoms with Crippen molar-refractivity contribution in [3.63, 3.8) is 0 Å². The summed E-state index contributed by atoms with van der Waals surface area (Å²) in [6.45, 7) is 1.93. The molecule has 0 unspecified atom stereocenters. The maximum absolute atomic E-state index is 13.2. The van der Waals surface area contributed by atoms with E-state index in [0.29, 0.717) is 23.2 Å². The second kappa shape index (κ2) is 12.6. The van der Waals surface area contributed by atoms with Gasteiger partial charge < -0.3 is 20.3 Å². The van der Waals surface area contributed by atoms with Gasteiger partial charge in [0.15, 0.2) is 12.4 Å². The highest BCUT2D eigenvalue weighted by Crippen LogP contribution is 2.22. The van der Waals surface area contributed by atoms with E-state index in [1.165, 1.54) is 18.6 Å². The highest BCUT2D eigenvalue weighted by Gasteiger charge is 2.29. The molecule has 1 aliphatic rings. The number of likely N-dealkylation sites (tertiary alicyclic amines) is 1. The number of halogens is 4. The molecular formula is C26H28F4N6O2. The lowest BCUT2D eigenvalue weighted by Gasteiger charge is -2.26. The van der Waals surface area contributed by atoms with Crippen molar-refractivity contribution in [1.82, 2.24) is 25.2 Å². The molecule has 1 fully saturated rings. The fraction of sp³-hybridized carbons (Fsp3) is 0.385. The molecule has 12 heteroatoms. The number of benzene rings is 2. The zero-order valence-corrected chi connectivity index (χ0v) is 20.6. The molecule has 0 bridgehead atoms. The fourth-order valence-corrected chi connectivity index (χ4v) is 3.97. The topological polar surface area (TPSA) is 92.3 Å². The molecule has 0 radical (unpaired) electrons. The van der Waals surface area contributed by atoms with Gasteiger partial charge in [0, 0.05) is 30.8 Å². The second-order valence-corrected chi connectivity index (χ2v) is 8.89. The first-order valence-corrected chi connectivity index (χ1v) is 12.3. The van der Waals surface area contributed by atoms with Gasteiger partial charge in [-0.15, -0.1) is 0 Å². The minimum atomic E-state index is -4.58. The van der Waals surface area contributed by atoms with Crippen LogP contribution in [0, 0.1) is 5.82 Å². The number of hydrogen-bond acceptors (Lipinski definition) is 7. The number of amides is 1. The van der Waals surface area contributed by atoms with E-state index in [0.717, 1.165) is 32.5 Å². The van der Waals surface area contributed by atoms with Gasteiger partial charge in [-0.25, -0.2) is 4.39 Å². The van der Waals surface area contributed by atoms with Gasteiger partial charge in [0.1, 0.15) is 5.82 Å². The first-order valence-electron chi connectivity index (χ1n) is 12.3. The van der Waals surface area contributed by atoms with Gasteiger partial charge in [0.2, 0.25) is 5.95 Å². The van der Waals surface area contributed by atoms with Crippen molar-refractivity contribution in [2.75, 3.05) is 38.1 Å². The first kappa shape index (κ1) is 27.2. The van der Waals surface area contributed by atoms with Gasteiger partial charge >= 0.3 is 12.2 Å². The summed E-state index contributed by atoms with van der Waals surface area (Å²) < 4.78 is 56.2. The number of carbonyl (C=O) groups is 1. The Morgan fingerprint density at radius 3 is 2.50 bits per heavy atom. The maximum Gasteiger partial charge on any atom is 0.422 e. The third kappa shape index (κ3) is 8.37. The Kier molecular flexibility index (Phi) is 9.06. The molecule has 2 heterocycles. The van der Waals surface area contributed by atoms with E-state index in [4.69, 9.17) is 4.74 Å². The fourth-order valence-electron chi connectivity index (χ4n) is 3.97. The third-order valence-corrected chi connectivity index (χ3v) is 5.89. The molecule has 3 aromatic rings. The van der Waals surface area contributed by atoms with Gasteiger partial charge in [-0.05, 0) is 55.8 Å². The molecule has 1 aliphatic heterocycles. The summed E-state index contributed by atoms with van der Waals surface area (Å²) in [5.41, 5.74) is 1.47. The number of aromatic nitrogens is 3. The number of ether oxygens (including phenoxy) is 1. The minimum absolute atomic E-state index is 0.0294. The molecule has 1 saturated heterocycles. The molecule has 0 atom stereocenters. The van der Waals surface area contributed by atoms with Gasteiger partial charge in [0.05, 0.1) is 0 Å². The lowest BCUT2D eigenvalue weighted by molar-refractivity contribution is -0.154. The summed E-state index contributed by atoms with van der Waals surface area (Å²) in [4.78, 5) is 27.3. The number of alkyl halides is 3. The average Bonchev–Trinajstić information content (AvgIpc) is 2.92. The van der Waals surface area contributed by atoms with E-state index in [2.05, 4.69) is 30.5 Å².